The number of pyridine rings is 1. The van der Waals surface area contributed by atoms with Gasteiger partial charge in [0.2, 0.25) is 17.6 Å². The van der Waals surface area contributed by atoms with Gasteiger partial charge in [0.05, 0.1) is 11.0 Å². The fraction of sp³-hybridized carbons (Fsp3) is 0.318. The summed E-state index contributed by atoms with van der Waals surface area (Å²) in [5.41, 5.74) is 2.81. The zero-order valence-electron chi connectivity index (χ0n) is 16.7. The Labute approximate surface area is 173 Å². The van der Waals surface area contributed by atoms with E-state index in [9.17, 15) is 4.79 Å². The number of aromatic nitrogens is 5. The molecule has 4 heterocycles. The molecule has 4 aromatic rings. The van der Waals surface area contributed by atoms with Crippen LogP contribution in [0.25, 0.3) is 22.4 Å². The van der Waals surface area contributed by atoms with Crippen molar-refractivity contribution in [2.45, 2.75) is 38.8 Å². The molecule has 0 aliphatic carbocycles. The average Bonchev–Trinajstić information content (AvgIpc) is 3.50. The smallest absolute Gasteiger partial charge is 0.249 e. The fourth-order valence-electron chi connectivity index (χ4n) is 4.13. The van der Waals surface area contributed by atoms with Crippen molar-refractivity contribution >= 4 is 16.9 Å². The predicted octanol–water partition coefficient (Wildman–Crippen LogP) is 3.54. The molecule has 1 amide bonds. The first-order valence-corrected chi connectivity index (χ1v) is 10.2. The summed E-state index contributed by atoms with van der Waals surface area (Å²) >= 11 is 0. The largest absolute Gasteiger partial charge is 0.337 e. The number of rotatable bonds is 5. The third-order valence-corrected chi connectivity index (χ3v) is 5.61. The number of para-hydroxylation sites is 2. The van der Waals surface area contributed by atoms with E-state index in [1.54, 1.807) is 12.4 Å². The van der Waals surface area contributed by atoms with Crippen molar-refractivity contribution in [2.75, 3.05) is 6.54 Å². The highest BCUT2D eigenvalue weighted by atomic mass is 16.5. The van der Waals surface area contributed by atoms with Crippen LogP contribution < -0.4 is 0 Å². The minimum Gasteiger partial charge on any atom is -0.337 e. The normalized spacial score (nSPS) is 16.4. The zero-order chi connectivity index (χ0) is 20.5. The molecule has 1 aromatic carbocycles. The fourth-order valence-corrected chi connectivity index (χ4v) is 4.13. The molecular weight excluding hydrogens is 380 g/mol. The summed E-state index contributed by atoms with van der Waals surface area (Å²) in [6.45, 7) is 3.28. The van der Waals surface area contributed by atoms with Crippen molar-refractivity contribution in [3.63, 3.8) is 0 Å². The molecule has 8 heteroatoms. The number of fused-ring (bicyclic) bond motifs is 1. The molecule has 152 valence electrons. The van der Waals surface area contributed by atoms with E-state index in [0.29, 0.717) is 31.2 Å². The van der Waals surface area contributed by atoms with Crippen LogP contribution in [-0.2, 0) is 11.3 Å². The van der Waals surface area contributed by atoms with Gasteiger partial charge in [-0.25, -0.2) is 4.98 Å². The van der Waals surface area contributed by atoms with Crippen LogP contribution in [0.3, 0.4) is 0 Å². The van der Waals surface area contributed by atoms with Gasteiger partial charge in [0.15, 0.2) is 0 Å². The van der Waals surface area contributed by atoms with E-state index in [4.69, 9.17) is 4.52 Å². The molecule has 1 atom stereocenters. The van der Waals surface area contributed by atoms with Crippen molar-refractivity contribution in [3.05, 3.63) is 60.5 Å². The van der Waals surface area contributed by atoms with Crippen LogP contribution in [-0.4, -0.2) is 42.0 Å². The van der Waals surface area contributed by atoms with Crippen molar-refractivity contribution in [3.8, 4) is 11.4 Å². The molecule has 0 spiro atoms. The standard InChI is InChI=1S/C22H22N6O2/c1-15-24-17-7-2-3-8-18(17)27(15)13-10-20(29)28-12-5-9-19(28)22-25-21(26-30-22)16-6-4-11-23-14-16/h2-4,6-8,11,14,19H,5,9-10,12-13H2,1H3/t19-/m0/s1. The van der Waals surface area contributed by atoms with E-state index < -0.39 is 0 Å². The number of carbonyl (C=O) groups is 1. The van der Waals surface area contributed by atoms with Crippen LogP contribution >= 0.6 is 0 Å². The molecular formula is C22H22N6O2. The molecule has 0 saturated carbocycles. The minimum atomic E-state index is -0.170. The Kier molecular flexibility index (Phi) is 4.74. The number of carbonyl (C=O) groups excluding carboxylic acids is 1. The predicted molar refractivity (Wildman–Crippen MR) is 110 cm³/mol. The topological polar surface area (TPSA) is 89.9 Å². The lowest BCUT2D eigenvalue weighted by atomic mass is 10.2. The van der Waals surface area contributed by atoms with E-state index in [0.717, 1.165) is 35.3 Å². The number of amides is 1. The summed E-state index contributed by atoms with van der Waals surface area (Å²) in [7, 11) is 0. The Morgan fingerprint density at radius 1 is 1.20 bits per heavy atom. The molecule has 1 aliphatic heterocycles. The van der Waals surface area contributed by atoms with Crippen LogP contribution in [0.2, 0.25) is 0 Å². The summed E-state index contributed by atoms with van der Waals surface area (Å²) < 4.78 is 7.62. The van der Waals surface area contributed by atoms with Crippen molar-refractivity contribution < 1.29 is 9.32 Å². The first-order chi connectivity index (χ1) is 14.7. The quantitative estimate of drug-likeness (QED) is 0.507. The molecule has 1 fully saturated rings. The monoisotopic (exact) mass is 402 g/mol. The van der Waals surface area contributed by atoms with Crippen LogP contribution in [0, 0.1) is 6.92 Å². The number of aryl methyl sites for hydroxylation is 2. The number of nitrogens with zero attached hydrogens (tertiary/aromatic N) is 6. The van der Waals surface area contributed by atoms with Crippen molar-refractivity contribution in [1.82, 2.24) is 29.6 Å². The summed E-state index contributed by atoms with van der Waals surface area (Å²) in [5, 5.41) is 4.08. The molecule has 0 N–H and O–H groups in total. The summed E-state index contributed by atoms with van der Waals surface area (Å²) in [4.78, 5) is 28.1. The second-order valence-corrected chi connectivity index (χ2v) is 7.49. The average molecular weight is 402 g/mol. The SMILES string of the molecule is Cc1nc2ccccc2n1CCC(=O)N1CCC[C@H]1c1nc(-c2cccnc2)no1. The van der Waals surface area contributed by atoms with E-state index in [2.05, 4.69) is 24.7 Å². The Morgan fingerprint density at radius 3 is 2.97 bits per heavy atom. The van der Waals surface area contributed by atoms with Gasteiger partial charge in [0.1, 0.15) is 11.9 Å². The van der Waals surface area contributed by atoms with Crippen molar-refractivity contribution in [2.24, 2.45) is 0 Å². The third-order valence-electron chi connectivity index (χ3n) is 5.61. The number of likely N-dealkylation sites (tertiary alicyclic amines) is 1. The molecule has 0 unspecified atom stereocenters. The van der Waals surface area contributed by atoms with Gasteiger partial charge < -0.3 is 14.0 Å². The van der Waals surface area contributed by atoms with Gasteiger partial charge in [-0.15, -0.1) is 0 Å². The number of hydrogen-bond donors (Lipinski definition) is 0. The number of imidazole rings is 1. The van der Waals surface area contributed by atoms with Gasteiger partial charge in [-0.3, -0.25) is 9.78 Å². The molecule has 1 aliphatic rings. The van der Waals surface area contributed by atoms with E-state index >= 15 is 0 Å². The summed E-state index contributed by atoms with van der Waals surface area (Å²) in [6, 6.07) is 11.5. The van der Waals surface area contributed by atoms with Gasteiger partial charge in [0.25, 0.3) is 0 Å². The highest BCUT2D eigenvalue weighted by molar-refractivity contribution is 5.78. The van der Waals surface area contributed by atoms with Gasteiger partial charge in [0, 0.05) is 37.5 Å². The lowest BCUT2D eigenvalue weighted by Crippen LogP contribution is -2.31. The molecule has 5 rings (SSSR count). The lowest BCUT2D eigenvalue weighted by Gasteiger charge is -2.22. The molecule has 30 heavy (non-hydrogen) atoms. The van der Waals surface area contributed by atoms with Crippen LogP contribution in [0.5, 0.6) is 0 Å². The molecule has 8 nitrogen and oxygen atoms in total. The maximum Gasteiger partial charge on any atom is 0.249 e. The Balaban J connectivity index is 1.31. The Morgan fingerprint density at radius 2 is 2.10 bits per heavy atom. The minimum absolute atomic E-state index is 0.0933. The van der Waals surface area contributed by atoms with E-state index in [-0.39, 0.29) is 11.9 Å². The first kappa shape index (κ1) is 18.5. The summed E-state index contributed by atoms with van der Waals surface area (Å²) in [5.74, 6) is 2.00. The second kappa shape index (κ2) is 7.70. The number of benzene rings is 1. The first-order valence-electron chi connectivity index (χ1n) is 10.2. The lowest BCUT2D eigenvalue weighted by molar-refractivity contribution is -0.132. The Hall–Kier alpha value is -3.55. The van der Waals surface area contributed by atoms with Crippen molar-refractivity contribution in [1.29, 1.82) is 0 Å². The molecule has 0 bridgehead atoms. The van der Waals surface area contributed by atoms with Gasteiger partial charge in [-0.1, -0.05) is 17.3 Å². The highest BCUT2D eigenvalue weighted by Crippen LogP contribution is 2.32. The van der Waals surface area contributed by atoms with E-state index in [1.165, 1.54) is 0 Å². The van der Waals surface area contributed by atoms with Gasteiger partial charge >= 0.3 is 0 Å². The van der Waals surface area contributed by atoms with Crippen LogP contribution in [0.15, 0.2) is 53.3 Å². The Bertz CT molecular complexity index is 1180. The van der Waals surface area contributed by atoms with E-state index in [1.807, 2.05) is 48.2 Å². The molecule has 0 radical (unpaired) electrons. The highest BCUT2D eigenvalue weighted by Gasteiger charge is 2.34. The number of hydrogen-bond acceptors (Lipinski definition) is 6. The van der Waals surface area contributed by atoms with Crippen LogP contribution in [0.1, 0.15) is 37.0 Å². The third kappa shape index (κ3) is 3.34. The van der Waals surface area contributed by atoms with Gasteiger partial charge in [-0.05, 0) is 44.0 Å². The molecule has 1 saturated heterocycles. The summed E-state index contributed by atoms with van der Waals surface area (Å²) in [6.07, 6.45) is 5.56. The second-order valence-electron chi connectivity index (χ2n) is 7.49. The van der Waals surface area contributed by atoms with Gasteiger partial charge in [-0.2, -0.15) is 4.98 Å². The maximum absolute atomic E-state index is 13.0. The zero-order valence-corrected chi connectivity index (χ0v) is 16.7. The molecule has 3 aromatic heterocycles. The maximum atomic E-state index is 13.0. The van der Waals surface area contributed by atoms with Crippen LogP contribution in [0.4, 0.5) is 0 Å².